The van der Waals surface area contributed by atoms with Crippen LogP contribution >= 0.6 is 15.9 Å². The zero-order valence-corrected chi connectivity index (χ0v) is 7.73. The molecule has 0 aliphatic carbocycles. The summed E-state index contributed by atoms with van der Waals surface area (Å²) in [5.74, 6) is 0.980. The van der Waals surface area contributed by atoms with Crippen molar-refractivity contribution in [2.45, 2.75) is 6.92 Å². The molecule has 0 aromatic heterocycles. The van der Waals surface area contributed by atoms with Gasteiger partial charge < -0.3 is 10.1 Å². The van der Waals surface area contributed by atoms with Gasteiger partial charge in [0.1, 0.15) is 5.75 Å². The van der Waals surface area contributed by atoms with E-state index in [4.69, 9.17) is 4.74 Å². The summed E-state index contributed by atoms with van der Waals surface area (Å²) in [6.07, 6.45) is 0. The Hall–Kier alpha value is -0.700. The second-order valence-corrected chi connectivity index (χ2v) is 3.48. The minimum Gasteiger partial charge on any atom is -0.471 e. The number of benzene rings is 1. The number of ether oxygens (including phenoxy) is 1. The number of rotatable bonds is 0. The van der Waals surface area contributed by atoms with Crippen LogP contribution in [-0.2, 0) is 0 Å². The Bertz CT molecular complexity index is 298. The third-order valence-electron chi connectivity index (χ3n) is 1.72. The molecule has 0 atom stereocenters. The van der Waals surface area contributed by atoms with Gasteiger partial charge in [0.15, 0.2) is 6.73 Å². The predicted octanol–water partition coefficient (Wildman–Crippen LogP) is 2.52. The van der Waals surface area contributed by atoms with E-state index in [1.165, 1.54) is 5.56 Å². The van der Waals surface area contributed by atoms with Gasteiger partial charge in [-0.3, -0.25) is 0 Å². The highest BCUT2D eigenvalue weighted by Gasteiger charge is 2.13. The zero-order valence-electron chi connectivity index (χ0n) is 6.15. The SMILES string of the molecule is Cc1cc(Br)cc2c1OCN2. The molecule has 1 aliphatic rings. The van der Waals surface area contributed by atoms with Gasteiger partial charge in [-0.05, 0) is 24.6 Å². The van der Waals surface area contributed by atoms with Crippen LogP contribution in [-0.4, -0.2) is 6.73 Å². The van der Waals surface area contributed by atoms with Gasteiger partial charge in [0.25, 0.3) is 0 Å². The highest BCUT2D eigenvalue weighted by Crippen LogP contribution is 2.35. The largest absolute Gasteiger partial charge is 0.471 e. The molecule has 0 bridgehead atoms. The Labute approximate surface area is 73.7 Å². The highest BCUT2D eigenvalue weighted by molar-refractivity contribution is 9.10. The maximum atomic E-state index is 5.35. The van der Waals surface area contributed by atoms with Crippen LogP contribution < -0.4 is 10.1 Å². The highest BCUT2D eigenvalue weighted by atomic mass is 79.9. The first kappa shape index (κ1) is 6.98. The lowest BCUT2D eigenvalue weighted by atomic mass is 10.2. The molecule has 58 valence electrons. The normalized spacial score (nSPS) is 13.6. The van der Waals surface area contributed by atoms with Crippen LogP contribution in [0.15, 0.2) is 16.6 Å². The first-order valence-electron chi connectivity index (χ1n) is 3.44. The van der Waals surface area contributed by atoms with E-state index in [1.54, 1.807) is 0 Å². The van der Waals surface area contributed by atoms with E-state index >= 15 is 0 Å². The van der Waals surface area contributed by atoms with Gasteiger partial charge in [-0.2, -0.15) is 0 Å². The van der Waals surface area contributed by atoms with Crippen LogP contribution in [0.4, 0.5) is 5.69 Å². The second kappa shape index (κ2) is 2.41. The van der Waals surface area contributed by atoms with Crippen molar-refractivity contribution in [1.82, 2.24) is 0 Å². The summed E-state index contributed by atoms with van der Waals surface area (Å²) in [5, 5.41) is 3.13. The third kappa shape index (κ3) is 1.09. The van der Waals surface area contributed by atoms with Gasteiger partial charge in [0, 0.05) is 4.47 Å². The first-order valence-corrected chi connectivity index (χ1v) is 4.23. The fourth-order valence-electron chi connectivity index (χ4n) is 1.24. The molecule has 1 heterocycles. The molecular weight excluding hydrogens is 206 g/mol. The lowest BCUT2D eigenvalue weighted by Gasteiger charge is -2.01. The molecule has 1 aliphatic heterocycles. The van der Waals surface area contributed by atoms with Crippen molar-refractivity contribution >= 4 is 21.6 Å². The topological polar surface area (TPSA) is 21.3 Å². The molecule has 0 fully saturated rings. The summed E-state index contributed by atoms with van der Waals surface area (Å²) in [7, 11) is 0. The number of nitrogens with one attached hydrogen (secondary N) is 1. The van der Waals surface area contributed by atoms with Crippen LogP contribution in [0.3, 0.4) is 0 Å². The molecule has 2 rings (SSSR count). The molecule has 3 heteroatoms. The Morgan fingerprint density at radius 1 is 1.55 bits per heavy atom. The lowest BCUT2D eigenvalue weighted by Crippen LogP contribution is -1.96. The maximum absolute atomic E-state index is 5.35. The van der Waals surface area contributed by atoms with Gasteiger partial charge in [-0.1, -0.05) is 15.9 Å². The van der Waals surface area contributed by atoms with Gasteiger partial charge >= 0.3 is 0 Å². The van der Waals surface area contributed by atoms with E-state index in [0.717, 1.165) is 15.9 Å². The van der Waals surface area contributed by atoms with Crippen molar-refractivity contribution in [2.24, 2.45) is 0 Å². The number of hydrogen-bond donors (Lipinski definition) is 1. The molecule has 0 saturated carbocycles. The average Bonchev–Trinajstić information content (AvgIpc) is 2.34. The van der Waals surface area contributed by atoms with E-state index in [9.17, 15) is 0 Å². The smallest absolute Gasteiger partial charge is 0.159 e. The Kier molecular flexibility index (Phi) is 1.53. The Morgan fingerprint density at radius 3 is 3.18 bits per heavy atom. The quantitative estimate of drug-likeness (QED) is 0.716. The molecule has 1 N–H and O–H groups in total. The fraction of sp³-hybridized carbons (Fsp3) is 0.250. The van der Waals surface area contributed by atoms with Crippen LogP contribution in [0, 0.1) is 6.92 Å². The van der Waals surface area contributed by atoms with Crippen molar-refractivity contribution in [1.29, 1.82) is 0 Å². The molecule has 0 unspecified atom stereocenters. The molecule has 0 amide bonds. The molecule has 1 aromatic rings. The monoisotopic (exact) mass is 213 g/mol. The standard InChI is InChI=1S/C8H8BrNO/c1-5-2-6(9)3-7-8(5)11-4-10-7/h2-3,10H,4H2,1H3. The van der Waals surface area contributed by atoms with Crippen molar-refractivity contribution in [3.05, 3.63) is 22.2 Å². The van der Waals surface area contributed by atoms with Crippen molar-refractivity contribution in [3.63, 3.8) is 0 Å². The van der Waals surface area contributed by atoms with Gasteiger partial charge in [0.2, 0.25) is 0 Å². The zero-order chi connectivity index (χ0) is 7.84. The van der Waals surface area contributed by atoms with Crippen molar-refractivity contribution in [2.75, 3.05) is 12.0 Å². The van der Waals surface area contributed by atoms with E-state index in [1.807, 2.05) is 19.1 Å². The summed E-state index contributed by atoms with van der Waals surface area (Å²) < 4.78 is 6.44. The Balaban J connectivity index is 2.60. The maximum Gasteiger partial charge on any atom is 0.159 e. The summed E-state index contributed by atoms with van der Waals surface area (Å²) in [5.41, 5.74) is 2.25. The molecule has 0 saturated heterocycles. The molecule has 0 radical (unpaired) electrons. The van der Waals surface area contributed by atoms with E-state index in [-0.39, 0.29) is 0 Å². The third-order valence-corrected chi connectivity index (χ3v) is 2.18. The second-order valence-electron chi connectivity index (χ2n) is 2.56. The summed E-state index contributed by atoms with van der Waals surface area (Å²) >= 11 is 3.42. The molecule has 0 spiro atoms. The summed E-state index contributed by atoms with van der Waals surface area (Å²) in [6, 6.07) is 4.07. The number of hydrogen-bond acceptors (Lipinski definition) is 2. The summed E-state index contributed by atoms with van der Waals surface area (Å²) in [6.45, 7) is 2.63. The van der Waals surface area contributed by atoms with Crippen molar-refractivity contribution < 1.29 is 4.74 Å². The minimum atomic E-state index is 0.590. The molecule has 2 nitrogen and oxygen atoms in total. The van der Waals surface area contributed by atoms with E-state index < -0.39 is 0 Å². The van der Waals surface area contributed by atoms with Crippen LogP contribution in [0.5, 0.6) is 5.75 Å². The molecular formula is C8H8BrNO. The van der Waals surface area contributed by atoms with Crippen molar-refractivity contribution in [3.8, 4) is 5.75 Å². The first-order chi connectivity index (χ1) is 5.27. The van der Waals surface area contributed by atoms with Gasteiger partial charge in [-0.25, -0.2) is 0 Å². The Morgan fingerprint density at radius 2 is 2.36 bits per heavy atom. The van der Waals surface area contributed by atoms with Crippen LogP contribution in [0.2, 0.25) is 0 Å². The van der Waals surface area contributed by atoms with Crippen LogP contribution in [0.1, 0.15) is 5.56 Å². The molecule has 11 heavy (non-hydrogen) atoms. The van der Waals surface area contributed by atoms with Gasteiger partial charge in [0.05, 0.1) is 5.69 Å². The number of anilines is 1. The average molecular weight is 214 g/mol. The van der Waals surface area contributed by atoms with E-state index in [2.05, 4.69) is 21.2 Å². The summed E-state index contributed by atoms with van der Waals surface area (Å²) in [4.78, 5) is 0. The fourth-order valence-corrected chi connectivity index (χ4v) is 1.81. The number of fused-ring (bicyclic) bond motifs is 1. The number of aryl methyl sites for hydroxylation is 1. The van der Waals surface area contributed by atoms with E-state index in [0.29, 0.717) is 6.73 Å². The minimum absolute atomic E-state index is 0.590. The lowest BCUT2D eigenvalue weighted by molar-refractivity contribution is 0.370. The van der Waals surface area contributed by atoms with Crippen LogP contribution in [0.25, 0.3) is 0 Å². The van der Waals surface area contributed by atoms with Gasteiger partial charge in [-0.15, -0.1) is 0 Å². The number of halogens is 1. The predicted molar refractivity (Wildman–Crippen MR) is 48.0 cm³/mol. The molecule has 1 aromatic carbocycles.